The third-order valence-electron chi connectivity index (χ3n) is 3.45. The number of hydrogen-bond acceptors (Lipinski definition) is 1. The van der Waals surface area contributed by atoms with Crippen molar-refractivity contribution in [3.05, 3.63) is 0 Å². The Bertz CT molecular complexity index is 119. The van der Waals surface area contributed by atoms with Gasteiger partial charge in [0.25, 0.3) is 0 Å². The Morgan fingerprint density at radius 1 is 1.00 bits per heavy atom. The van der Waals surface area contributed by atoms with E-state index in [1.165, 1.54) is 25.8 Å². The molecule has 2 aliphatic heterocycles. The van der Waals surface area contributed by atoms with Crippen LogP contribution in [-0.4, -0.2) is 23.5 Å². The van der Waals surface area contributed by atoms with Crippen LogP contribution in [0, 0.1) is 5.92 Å². The van der Waals surface area contributed by atoms with Gasteiger partial charge in [0.2, 0.25) is 0 Å². The standard InChI is InChI=1S/C8H13N/c1-2-7-8-5-6(1)3-4-9(7)8/h6-8H,1-5H2/t6-,7-,8-,9?/m1/s1. The minimum absolute atomic E-state index is 1.06. The molecule has 3 rings (SSSR count). The number of nitrogens with zero attached hydrogens (tertiary/aromatic N) is 1. The van der Waals surface area contributed by atoms with Crippen LogP contribution in [0.2, 0.25) is 0 Å². The zero-order valence-corrected chi connectivity index (χ0v) is 5.71. The molecule has 0 aromatic carbocycles. The van der Waals surface area contributed by atoms with Crippen molar-refractivity contribution in [2.24, 2.45) is 5.92 Å². The Kier molecular flexibility index (Phi) is 0.704. The van der Waals surface area contributed by atoms with Crippen LogP contribution in [0.25, 0.3) is 0 Å². The zero-order chi connectivity index (χ0) is 5.84. The van der Waals surface area contributed by atoms with Crippen LogP contribution in [0.3, 0.4) is 0 Å². The maximum Gasteiger partial charge on any atom is 0.0257 e. The van der Waals surface area contributed by atoms with E-state index in [4.69, 9.17) is 0 Å². The molecule has 1 saturated carbocycles. The molecule has 3 fully saturated rings. The summed E-state index contributed by atoms with van der Waals surface area (Å²) in [6, 6.07) is 2.13. The summed E-state index contributed by atoms with van der Waals surface area (Å²) in [5.74, 6) is 1.13. The lowest BCUT2D eigenvalue weighted by atomic mass is 9.87. The van der Waals surface area contributed by atoms with Gasteiger partial charge in [0.05, 0.1) is 0 Å². The van der Waals surface area contributed by atoms with E-state index in [9.17, 15) is 0 Å². The van der Waals surface area contributed by atoms with Gasteiger partial charge in [-0.2, -0.15) is 0 Å². The lowest BCUT2D eigenvalue weighted by Crippen LogP contribution is -2.19. The molecule has 50 valence electrons. The fourth-order valence-corrected chi connectivity index (χ4v) is 2.83. The summed E-state index contributed by atoms with van der Waals surface area (Å²) in [5.41, 5.74) is 0. The van der Waals surface area contributed by atoms with Crippen LogP contribution in [0.15, 0.2) is 0 Å². The monoisotopic (exact) mass is 123 g/mol. The second-order valence-corrected chi connectivity index (χ2v) is 3.84. The molecule has 0 aromatic heterocycles. The molecule has 1 aliphatic carbocycles. The van der Waals surface area contributed by atoms with E-state index in [-0.39, 0.29) is 0 Å². The van der Waals surface area contributed by atoms with Gasteiger partial charge in [-0.05, 0) is 38.1 Å². The van der Waals surface area contributed by atoms with Crippen LogP contribution in [0.5, 0.6) is 0 Å². The molecule has 0 amide bonds. The highest BCUT2D eigenvalue weighted by atomic mass is 15.4. The van der Waals surface area contributed by atoms with Crippen molar-refractivity contribution in [2.45, 2.75) is 37.8 Å². The SMILES string of the molecule is C1C[C@@H]2[C@H]3C[C@H]1CCN23. The molecular formula is C8H13N. The first kappa shape index (κ1) is 4.73. The lowest BCUT2D eigenvalue weighted by molar-refractivity contribution is 0.313. The number of piperidine rings is 1. The van der Waals surface area contributed by atoms with E-state index in [2.05, 4.69) is 4.90 Å². The van der Waals surface area contributed by atoms with Gasteiger partial charge in [0, 0.05) is 12.1 Å². The molecule has 1 unspecified atom stereocenters. The van der Waals surface area contributed by atoms with Gasteiger partial charge in [-0.3, -0.25) is 4.90 Å². The largest absolute Gasteiger partial charge is 0.294 e. The lowest BCUT2D eigenvalue weighted by Gasteiger charge is -2.21. The van der Waals surface area contributed by atoms with Crippen molar-refractivity contribution >= 4 is 0 Å². The van der Waals surface area contributed by atoms with Gasteiger partial charge < -0.3 is 0 Å². The van der Waals surface area contributed by atoms with Gasteiger partial charge in [0.1, 0.15) is 0 Å². The Morgan fingerprint density at radius 3 is 2.89 bits per heavy atom. The van der Waals surface area contributed by atoms with Gasteiger partial charge in [-0.15, -0.1) is 0 Å². The minimum Gasteiger partial charge on any atom is -0.294 e. The third kappa shape index (κ3) is 0.493. The first-order valence-corrected chi connectivity index (χ1v) is 4.21. The van der Waals surface area contributed by atoms with E-state index in [1.807, 2.05) is 0 Å². The molecule has 4 atom stereocenters. The molecule has 0 radical (unpaired) electrons. The predicted molar refractivity (Wildman–Crippen MR) is 36.2 cm³/mol. The Morgan fingerprint density at radius 2 is 2.00 bits per heavy atom. The average Bonchev–Trinajstić information content (AvgIpc) is 2.62. The average molecular weight is 123 g/mol. The number of hydrogen-bond donors (Lipinski definition) is 0. The summed E-state index contributed by atoms with van der Waals surface area (Å²) in [7, 11) is 0. The molecular weight excluding hydrogens is 110 g/mol. The smallest absolute Gasteiger partial charge is 0.0257 e. The predicted octanol–water partition coefficient (Wildman–Crippen LogP) is 1.24. The van der Waals surface area contributed by atoms with Crippen molar-refractivity contribution in [1.82, 2.24) is 4.90 Å². The van der Waals surface area contributed by atoms with E-state index in [0.717, 1.165) is 18.0 Å². The van der Waals surface area contributed by atoms with Crippen molar-refractivity contribution in [1.29, 1.82) is 0 Å². The van der Waals surface area contributed by atoms with Gasteiger partial charge >= 0.3 is 0 Å². The molecule has 2 bridgehead atoms. The highest BCUT2D eigenvalue weighted by molar-refractivity contribution is 5.08. The first-order chi connectivity index (χ1) is 4.45. The highest BCUT2D eigenvalue weighted by Gasteiger charge is 2.52. The summed E-state index contributed by atoms with van der Waals surface area (Å²) in [5, 5.41) is 0. The zero-order valence-electron chi connectivity index (χ0n) is 5.71. The Balaban J connectivity index is 1.92. The minimum atomic E-state index is 1.06. The quantitative estimate of drug-likeness (QED) is 0.438. The van der Waals surface area contributed by atoms with E-state index in [1.54, 1.807) is 6.42 Å². The van der Waals surface area contributed by atoms with Crippen LogP contribution in [0.4, 0.5) is 0 Å². The molecule has 9 heavy (non-hydrogen) atoms. The molecule has 2 saturated heterocycles. The first-order valence-electron chi connectivity index (χ1n) is 4.21. The summed E-state index contributed by atoms with van der Waals surface area (Å²) in [4.78, 5) is 2.70. The molecule has 1 heteroatoms. The Labute approximate surface area is 56.0 Å². The molecule has 2 heterocycles. The van der Waals surface area contributed by atoms with Crippen LogP contribution in [-0.2, 0) is 0 Å². The molecule has 0 spiro atoms. The maximum absolute atomic E-state index is 2.70. The highest BCUT2D eigenvalue weighted by Crippen LogP contribution is 2.47. The molecule has 3 aliphatic rings. The molecule has 0 N–H and O–H groups in total. The van der Waals surface area contributed by atoms with E-state index in [0.29, 0.717) is 0 Å². The van der Waals surface area contributed by atoms with Gasteiger partial charge in [-0.25, -0.2) is 0 Å². The number of fused-ring (bicyclic) bond motifs is 2. The third-order valence-corrected chi connectivity index (χ3v) is 3.45. The normalized spacial score (nSPS) is 61.3. The maximum atomic E-state index is 2.70. The fraction of sp³-hybridized carbons (Fsp3) is 1.00. The van der Waals surface area contributed by atoms with Crippen LogP contribution >= 0.6 is 0 Å². The topological polar surface area (TPSA) is 3.01 Å². The summed E-state index contributed by atoms with van der Waals surface area (Å²) in [6.07, 6.45) is 6.12. The van der Waals surface area contributed by atoms with Crippen molar-refractivity contribution < 1.29 is 0 Å². The molecule has 1 nitrogen and oxygen atoms in total. The number of rotatable bonds is 0. The fourth-order valence-electron chi connectivity index (χ4n) is 2.83. The van der Waals surface area contributed by atoms with Crippen LogP contribution < -0.4 is 0 Å². The summed E-state index contributed by atoms with van der Waals surface area (Å²) >= 11 is 0. The van der Waals surface area contributed by atoms with Crippen molar-refractivity contribution in [3.8, 4) is 0 Å². The van der Waals surface area contributed by atoms with Crippen LogP contribution in [0.1, 0.15) is 25.7 Å². The van der Waals surface area contributed by atoms with Crippen molar-refractivity contribution in [2.75, 3.05) is 6.54 Å². The second kappa shape index (κ2) is 1.34. The Hall–Kier alpha value is -0.0400. The van der Waals surface area contributed by atoms with E-state index < -0.39 is 0 Å². The summed E-state index contributed by atoms with van der Waals surface area (Å²) < 4.78 is 0. The second-order valence-electron chi connectivity index (χ2n) is 3.84. The molecule has 0 aromatic rings. The van der Waals surface area contributed by atoms with Gasteiger partial charge in [-0.1, -0.05) is 0 Å². The van der Waals surface area contributed by atoms with Crippen molar-refractivity contribution in [3.63, 3.8) is 0 Å². The van der Waals surface area contributed by atoms with Gasteiger partial charge in [0.15, 0.2) is 0 Å². The summed E-state index contributed by atoms with van der Waals surface area (Å²) in [6.45, 7) is 1.43. The van der Waals surface area contributed by atoms with E-state index >= 15 is 0 Å².